The van der Waals surface area contributed by atoms with Crippen molar-refractivity contribution in [2.24, 2.45) is 5.41 Å². The number of carbonyl (C=O) groups is 1. The Morgan fingerprint density at radius 2 is 2.36 bits per heavy atom. The number of aromatic nitrogens is 3. The number of nitrogens with zero attached hydrogens (tertiary/aromatic N) is 2. The molecule has 0 unspecified atom stereocenters. The summed E-state index contributed by atoms with van der Waals surface area (Å²) in [5, 5.41) is 15.4. The van der Waals surface area contributed by atoms with Crippen LogP contribution in [0.1, 0.15) is 25.1 Å². The molecule has 0 amide bonds. The van der Waals surface area contributed by atoms with Crippen molar-refractivity contribution in [2.45, 2.75) is 25.7 Å². The second-order valence-corrected chi connectivity index (χ2v) is 3.76. The van der Waals surface area contributed by atoms with E-state index in [1.807, 2.05) is 0 Å². The van der Waals surface area contributed by atoms with Crippen LogP contribution in [0.5, 0.6) is 0 Å². The summed E-state index contributed by atoms with van der Waals surface area (Å²) in [6, 6.07) is 0. The van der Waals surface area contributed by atoms with Gasteiger partial charge in [-0.2, -0.15) is 4.98 Å². The molecule has 1 aromatic heterocycles. The quantitative estimate of drug-likeness (QED) is 0.639. The van der Waals surface area contributed by atoms with Gasteiger partial charge in [0.15, 0.2) is 0 Å². The number of anilines is 1. The van der Waals surface area contributed by atoms with Crippen molar-refractivity contribution >= 4 is 11.9 Å². The van der Waals surface area contributed by atoms with Crippen LogP contribution in [0.25, 0.3) is 0 Å². The molecule has 0 bridgehead atoms. The summed E-state index contributed by atoms with van der Waals surface area (Å²) in [6.07, 6.45) is 2.79. The summed E-state index contributed by atoms with van der Waals surface area (Å²) in [7, 11) is 0. The summed E-state index contributed by atoms with van der Waals surface area (Å²) in [4.78, 5) is 14.9. The standard InChI is InChI=1S/C8H12N4O2/c9-7-10-5(11-12-7)4-8(6(13)14)2-1-3-8/h1-4H2,(H,13,14)(H3,9,10,11,12). The van der Waals surface area contributed by atoms with E-state index in [1.54, 1.807) is 0 Å². The van der Waals surface area contributed by atoms with E-state index in [4.69, 9.17) is 10.8 Å². The molecule has 76 valence electrons. The van der Waals surface area contributed by atoms with Crippen molar-refractivity contribution < 1.29 is 9.90 Å². The Hall–Kier alpha value is -1.59. The van der Waals surface area contributed by atoms with Crippen LogP contribution in [0, 0.1) is 5.41 Å². The van der Waals surface area contributed by atoms with Crippen molar-refractivity contribution in [3.63, 3.8) is 0 Å². The average molecular weight is 196 g/mol. The smallest absolute Gasteiger partial charge is 0.310 e. The summed E-state index contributed by atoms with van der Waals surface area (Å²) in [5.41, 5.74) is 4.70. The van der Waals surface area contributed by atoms with Gasteiger partial charge in [0.25, 0.3) is 0 Å². The predicted octanol–water partition coefficient (Wildman–Crippen LogP) is 0.184. The molecule has 1 aromatic rings. The maximum Gasteiger partial charge on any atom is 0.310 e. The second-order valence-electron chi connectivity index (χ2n) is 3.76. The molecule has 1 aliphatic rings. The third-order valence-corrected chi connectivity index (χ3v) is 2.82. The molecule has 0 spiro atoms. The molecular formula is C8H12N4O2. The van der Waals surface area contributed by atoms with Crippen molar-refractivity contribution in [1.29, 1.82) is 0 Å². The first kappa shape index (κ1) is 8.98. The van der Waals surface area contributed by atoms with Crippen LogP contribution in [-0.2, 0) is 11.2 Å². The fourth-order valence-corrected chi connectivity index (χ4v) is 1.78. The van der Waals surface area contributed by atoms with Crippen LogP contribution in [0.2, 0.25) is 0 Å². The van der Waals surface area contributed by atoms with Crippen molar-refractivity contribution in [3.05, 3.63) is 5.82 Å². The highest BCUT2D eigenvalue weighted by atomic mass is 16.4. The van der Waals surface area contributed by atoms with Gasteiger partial charge in [0.2, 0.25) is 5.95 Å². The lowest BCUT2D eigenvalue weighted by Crippen LogP contribution is -2.40. The largest absolute Gasteiger partial charge is 0.481 e. The van der Waals surface area contributed by atoms with Gasteiger partial charge < -0.3 is 10.8 Å². The maximum absolute atomic E-state index is 11.0. The van der Waals surface area contributed by atoms with Gasteiger partial charge in [0, 0.05) is 6.42 Å². The van der Waals surface area contributed by atoms with Gasteiger partial charge in [-0.3, -0.25) is 9.89 Å². The molecule has 1 aliphatic carbocycles. The SMILES string of the molecule is Nc1n[nH]c(CC2(C(=O)O)CCC2)n1. The van der Waals surface area contributed by atoms with Gasteiger partial charge in [-0.05, 0) is 12.8 Å². The number of carboxylic acids is 1. The highest BCUT2D eigenvalue weighted by Crippen LogP contribution is 2.43. The van der Waals surface area contributed by atoms with Gasteiger partial charge >= 0.3 is 5.97 Å². The Morgan fingerprint density at radius 1 is 1.64 bits per heavy atom. The van der Waals surface area contributed by atoms with E-state index < -0.39 is 11.4 Å². The minimum atomic E-state index is -0.751. The monoisotopic (exact) mass is 196 g/mol. The molecule has 1 saturated carbocycles. The Balaban J connectivity index is 2.12. The van der Waals surface area contributed by atoms with Crippen LogP contribution in [0.4, 0.5) is 5.95 Å². The second kappa shape index (κ2) is 2.97. The number of aromatic amines is 1. The number of hydrogen-bond acceptors (Lipinski definition) is 4. The van der Waals surface area contributed by atoms with E-state index in [2.05, 4.69) is 15.2 Å². The predicted molar refractivity (Wildman–Crippen MR) is 48.4 cm³/mol. The maximum atomic E-state index is 11.0. The number of nitrogens with one attached hydrogen (secondary N) is 1. The minimum absolute atomic E-state index is 0.167. The normalized spacial score (nSPS) is 18.9. The molecule has 4 N–H and O–H groups in total. The Bertz CT molecular complexity index is 356. The number of carboxylic acid groups (broad SMARTS) is 1. The van der Waals surface area contributed by atoms with Crippen LogP contribution < -0.4 is 5.73 Å². The first-order valence-electron chi connectivity index (χ1n) is 4.53. The Kier molecular flexibility index (Phi) is 1.90. The molecule has 1 fully saturated rings. The zero-order chi connectivity index (χ0) is 10.2. The molecular weight excluding hydrogens is 184 g/mol. The summed E-state index contributed by atoms with van der Waals surface area (Å²) >= 11 is 0. The zero-order valence-corrected chi connectivity index (χ0v) is 7.66. The minimum Gasteiger partial charge on any atom is -0.481 e. The summed E-state index contributed by atoms with van der Waals surface area (Å²) < 4.78 is 0. The lowest BCUT2D eigenvalue weighted by atomic mass is 9.66. The van der Waals surface area contributed by atoms with Crippen molar-refractivity contribution in [3.8, 4) is 0 Å². The Labute approximate surface area is 80.5 Å². The number of hydrogen-bond donors (Lipinski definition) is 3. The van der Waals surface area contributed by atoms with E-state index in [1.165, 1.54) is 0 Å². The van der Waals surface area contributed by atoms with E-state index in [9.17, 15) is 4.79 Å². The van der Waals surface area contributed by atoms with Gasteiger partial charge in [-0.15, -0.1) is 5.10 Å². The first-order valence-corrected chi connectivity index (χ1v) is 4.53. The van der Waals surface area contributed by atoms with Gasteiger partial charge in [0.1, 0.15) is 5.82 Å². The first-order chi connectivity index (χ1) is 6.62. The zero-order valence-electron chi connectivity index (χ0n) is 7.66. The number of H-pyrrole nitrogens is 1. The van der Waals surface area contributed by atoms with Crippen LogP contribution in [-0.4, -0.2) is 26.3 Å². The molecule has 1 heterocycles. The number of nitrogens with two attached hydrogens (primary N) is 1. The number of nitrogen functional groups attached to an aromatic ring is 1. The molecule has 2 rings (SSSR count). The van der Waals surface area contributed by atoms with E-state index in [0.29, 0.717) is 25.1 Å². The molecule has 0 saturated heterocycles. The lowest BCUT2D eigenvalue weighted by Gasteiger charge is -2.36. The van der Waals surface area contributed by atoms with E-state index in [0.717, 1.165) is 6.42 Å². The molecule has 0 atom stereocenters. The van der Waals surface area contributed by atoms with Crippen LogP contribution in [0.3, 0.4) is 0 Å². The number of rotatable bonds is 3. The third-order valence-electron chi connectivity index (χ3n) is 2.82. The summed E-state index contributed by atoms with van der Waals surface area (Å²) in [5.74, 6) is -0.0248. The van der Waals surface area contributed by atoms with E-state index >= 15 is 0 Å². The molecule has 0 aliphatic heterocycles. The summed E-state index contributed by atoms with van der Waals surface area (Å²) in [6.45, 7) is 0. The molecule has 0 radical (unpaired) electrons. The fraction of sp³-hybridized carbons (Fsp3) is 0.625. The lowest BCUT2D eigenvalue weighted by molar-refractivity contribution is -0.154. The average Bonchev–Trinajstić information content (AvgIpc) is 2.43. The molecule has 14 heavy (non-hydrogen) atoms. The van der Waals surface area contributed by atoms with Crippen molar-refractivity contribution in [2.75, 3.05) is 5.73 Å². The van der Waals surface area contributed by atoms with Crippen LogP contribution >= 0.6 is 0 Å². The highest BCUT2D eigenvalue weighted by Gasteiger charge is 2.45. The highest BCUT2D eigenvalue weighted by molar-refractivity contribution is 5.76. The van der Waals surface area contributed by atoms with Gasteiger partial charge in [0.05, 0.1) is 5.41 Å². The third kappa shape index (κ3) is 1.32. The molecule has 6 heteroatoms. The Morgan fingerprint density at radius 3 is 2.71 bits per heavy atom. The fourth-order valence-electron chi connectivity index (χ4n) is 1.78. The van der Waals surface area contributed by atoms with Crippen LogP contribution in [0.15, 0.2) is 0 Å². The van der Waals surface area contributed by atoms with Gasteiger partial charge in [-0.25, -0.2) is 0 Å². The van der Waals surface area contributed by atoms with Crippen molar-refractivity contribution in [1.82, 2.24) is 15.2 Å². The van der Waals surface area contributed by atoms with Gasteiger partial charge in [-0.1, -0.05) is 6.42 Å². The topological polar surface area (TPSA) is 105 Å². The van der Waals surface area contributed by atoms with E-state index in [-0.39, 0.29) is 5.95 Å². The molecule has 0 aromatic carbocycles. The number of aliphatic carboxylic acids is 1. The molecule has 6 nitrogen and oxygen atoms in total.